The number of benzene rings is 2. The van der Waals surface area contributed by atoms with E-state index in [1.807, 2.05) is 6.07 Å². The van der Waals surface area contributed by atoms with E-state index in [1.165, 1.54) is 31.3 Å². The van der Waals surface area contributed by atoms with E-state index in [4.69, 9.17) is 11.6 Å². The zero-order valence-corrected chi connectivity index (χ0v) is 18.3. The molecule has 2 N–H and O–H groups in total. The van der Waals surface area contributed by atoms with Crippen molar-refractivity contribution >= 4 is 28.9 Å². The van der Waals surface area contributed by atoms with Crippen molar-refractivity contribution in [3.05, 3.63) is 107 Å². The van der Waals surface area contributed by atoms with E-state index >= 15 is 0 Å². The van der Waals surface area contributed by atoms with E-state index in [-0.39, 0.29) is 18.2 Å². The third-order valence-corrected chi connectivity index (χ3v) is 4.87. The summed E-state index contributed by atoms with van der Waals surface area (Å²) < 4.78 is 40.0. The van der Waals surface area contributed by atoms with Crippen molar-refractivity contribution in [1.82, 2.24) is 15.6 Å². The summed E-state index contributed by atoms with van der Waals surface area (Å²) in [5.74, 6) is -0.335. The highest BCUT2D eigenvalue weighted by molar-refractivity contribution is 6.33. The summed E-state index contributed by atoms with van der Waals surface area (Å²) in [7, 11) is 1.18. The number of pyridine rings is 1. The molecule has 5 nitrogen and oxygen atoms in total. The minimum absolute atomic E-state index is 0.0326. The predicted octanol–water partition coefficient (Wildman–Crippen LogP) is 5.45. The number of amides is 1. The van der Waals surface area contributed by atoms with Crippen LogP contribution < -0.4 is 10.6 Å². The third kappa shape index (κ3) is 6.66. The lowest BCUT2D eigenvalue weighted by molar-refractivity contribution is -0.0958. The quantitative estimate of drug-likeness (QED) is 0.449. The van der Waals surface area contributed by atoms with Gasteiger partial charge in [0.25, 0.3) is 5.91 Å². The number of halogens is 4. The second-order valence-electron chi connectivity index (χ2n) is 6.84. The van der Waals surface area contributed by atoms with Gasteiger partial charge in [-0.05, 0) is 42.5 Å². The van der Waals surface area contributed by atoms with Crippen LogP contribution in [0.5, 0.6) is 0 Å². The Morgan fingerprint density at radius 2 is 1.70 bits per heavy atom. The Kier molecular flexibility index (Phi) is 7.84. The molecule has 0 saturated heterocycles. The molecule has 0 radical (unpaired) electrons. The van der Waals surface area contributed by atoms with Crippen LogP contribution in [0.4, 0.5) is 18.9 Å². The molecule has 0 fully saturated rings. The largest absolute Gasteiger partial charge is 0.430 e. The molecule has 3 rings (SSSR count). The Hall–Kier alpha value is -3.65. The minimum atomic E-state index is -4.60. The molecule has 0 aliphatic rings. The van der Waals surface area contributed by atoms with Gasteiger partial charge >= 0.3 is 6.18 Å². The van der Waals surface area contributed by atoms with Crippen LogP contribution in [0.3, 0.4) is 0 Å². The summed E-state index contributed by atoms with van der Waals surface area (Å²) in [6.45, 7) is 0.250. The monoisotopic (exact) mass is 472 g/mol. The number of hydrogen-bond acceptors (Lipinski definition) is 4. The maximum absolute atomic E-state index is 13.3. The molecule has 0 unspecified atom stereocenters. The molecule has 2 aromatic carbocycles. The number of allylic oxidation sites excluding steroid dienone is 2. The number of aliphatic imine (C=N–C) groups is 1. The van der Waals surface area contributed by atoms with Crippen LogP contribution >= 0.6 is 11.6 Å². The molecular formula is C24H20ClF3N4O. The van der Waals surface area contributed by atoms with Crippen molar-refractivity contribution in [3.63, 3.8) is 0 Å². The number of nitrogens with one attached hydrogen (secondary N) is 2. The van der Waals surface area contributed by atoms with Crippen molar-refractivity contribution in [3.8, 4) is 0 Å². The first-order chi connectivity index (χ1) is 15.8. The summed E-state index contributed by atoms with van der Waals surface area (Å²) in [5, 5.41) is 5.21. The molecule has 0 aliphatic carbocycles. The Bertz CT molecular complexity index is 1160. The fourth-order valence-electron chi connectivity index (χ4n) is 2.85. The molecule has 9 heteroatoms. The topological polar surface area (TPSA) is 66.4 Å². The molecule has 33 heavy (non-hydrogen) atoms. The first-order valence-corrected chi connectivity index (χ1v) is 10.2. The van der Waals surface area contributed by atoms with Crippen LogP contribution in [0.1, 0.15) is 21.6 Å². The molecule has 0 bridgehead atoms. The van der Waals surface area contributed by atoms with E-state index < -0.39 is 11.9 Å². The molecule has 170 valence electrons. The first-order valence-electron chi connectivity index (χ1n) is 9.86. The Morgan fingerprint density at radius 3 is 2.30 bits per heavy atom. The SMILES string of the molecule is CNC(=CC(=Nc1ccccc1Cl)c1ccc(C(=O)NCc2ccccn2)cc1)C(F)(F)F. The van der Waals surface area contributed by atoms with Crippen molar-refractivity contribution in [2.75, 3.05) is 7.05 Å². The number of rotatable bonds is 7. The summed E-state index contributed by atoms with van der Waals surface area (Å²) >= 11 is 6.14. The number of nitrogens with zero attached hydrogens (tertiary/aromatic N) is 2. The average Bonchev–Trinajstić information content (AvgIpc) is 2.81. The van der Waals surface area contributed by atoms with Gasteiger partial charge in [-0.15, -0.1) is 0 Å². The molecule has 0 atom stereocenters. The van der Waals surface area contributed by atoms with Gasteiger partial charge in [-0.2, -0.15) is 13.2 Å². The highest BCUT2D eigenvalue weighted by Gasteiger charge is 2.33. The average molecular weight is 473 g/mol. The second-order valence-corrected chi connectivity index (χ2v) is 7.24. The number of hydrogen-bond donors (Lipinski definition) is 2. The highest BCUT2D eigenvalue weighted by atomic mass is 35.5. The number of carbonyl (C=O) groups excluding carboxylic acids is 1. The molecule has 1 aromatic heterocycles. The summed E-state index contributed by atoms with van der Waals surface area (Å²) in [5.41, 5.74) is 0.818. The van der Waals surface area contributed by atoms with Crippen LogP contribution in [0.2, 0.25) is 5.02 Å². The van der Waals surface area contributed by atoms with Gasteiger partial charge in [-0.1, -0.05) is 41.9 Å². The highest BCUT2D eigenvalue weighted by Crippen LogP contribution is 2.27. The Labute approximate surface area is 194 Å². The van der Waals surface area contributed by atoms with E-state index in [0.29, 0.717) is 27.5 Å². The van der Waals surface area contributed by atoms with E-state index in [0.717, 1.165) is 6.08 Å². The lowest BCUT2D eigenvalue weighted by Crippen LogP contribution is -2.24. The summed E-state index contributed by atoms with van der Waals surface area (Å²) in [4.78, 5) is 20.9. The fraction of sp³-hybridized carbons (Fsp3) is 0.125. The lowest BCUT2D eigenvalue weighted by Gasteiger charge is -2.13. The molecule has 0 aliphatic heterocycles. The van der Waals surface area contributed by atoms with Crippen molar-refractivity contribution in [2.45, 2.75) is 12.7 Å². The maximum Gasteiger partial charge on any atom is 0.430 e. The second kappa shape index (κ2) is 10.8. The molecular weight excluding hydrogens is 453 g/mol. The summed E-state index contributed by atoms with van der Waals surface area (Å²) in [6.07, 6.45) is -2.06. The maximum atomic E-state index is 13.3. The van der Waals surface area contributed by atoms with Gasteiger partial charge in [0.15, 0.2) is 0 Å². The van der Waals surface area contributed by atoms with Gasteiger partial charge in [0.2, 0.25) is 0 Å². The van der Waals surface area contributed by atoms with Gasteiger partial charge in [-0.3, -0.25) is 9.78 Å². The summed E-state index contributed by atoms with van der Waals surface area (Å²) in [6, 6.07) is 18.1. The van der Waals surface area contributed by atoms with E-state index in [2.05, 4.69) is 20.6 Å². The normalized spacial score (nSPS) is 12.4. The molecule has 3 aromatic rings. The molecule has 0 saturated carbocycles. The molecule has 1 amide bonds. The van der Waals surface area contributed by atoms with Crippen LogP contribution in [-0.4, -0.2) is 29.8 Å². The molecule has 0 spiro atoms. The van der Waals surface area contributed by atoms with Crippen LogP contribution in [0.15, 0.2) is 89.7 Å². The number of para-hydroxylation sites is 1. The lowest BCUT2D eigenvalue weighted by atomic mass is 10.1. The van der Waals surface area contributed by atoms with Gasteiger partial charge in [0.1, 0.15) is 5.70 Å². The zero-order valence-electron chi connectivity index (χ0n) is 17.5. The Morgan fingerprint density at radius 1 is 1.03 bits per heavy atom. The number of aromatic nitrogens is 1. The van der Waals surface area contributed by atoms with Gasteiger partial charge in [0, 0.05) is 24.4 Å². The van der Waals surface area contributed by atoms with Crippen molar-refractivity contribution in [2.24, 2.45) is 4.99 Å². The van der Waals surface area contributed by atoms with Crippen LogP contribution in [0.25, 0.3) is 0 Å². The minimum Gasteiger partial charge on any atom is -0.384 e. The van der Waals surface area contributed by atoms with Crippen molar-refractivity contribution in [1.29, 1.82) is 0 Å². The van der Waals surface area contributed by atoms with Gasteiger partial charge in [0.05, 0.1) is 28.7 Å². The Balaban J connectivity index is 1.90. The van der Waals surface area contributed by atoms with Crippen LogP contribution in [-0.2, 0) is 6.54 Å². The fourth-order valence-corrected chi connectivity index (χ4v) is 3.03. The first kappa shape index (κ1) is 24.0. The standard InChI is InChI=1S/C24H20ClF3N4O/c1-29-22(24(26,27)28)14-21(32-20-8-3-2-7-19(20)25)16-9-11-17(12-10-16)23(33)31-15-18-6-4-5-13-30-18/h2-14,29H,15H2,1H3,(H,31,33). The van der Waals surface area contributed by atoms with E-state index in [1.54, 1.807) is 42.6 Å². The number of alkyl halides is 3. The van der Waals surface area contributed by atoms with Crippen LogP contribution in [0, 0.1) is 0 Å². The zero-order chi connectivity index (χ0) is 23.8. The predicted molar refractivity (Wildman–Crippen MR) is 123 cm³/mol. The van der Waals surface area contributed by atoms with E-state index in [9.17, 15) is 18.0 Å². The van der Waals surface area contributed by atoms with Gasteiger partial charge in [-0.25, -0.2) is 4.99 Å². The smallest absolute Gasteiger partial charge is 0.384 e. The third-order valence-electron chi connectivity index (χ3n) is 4.55. The van der Waals surface area contributed by atoms with Crippen molar-refractivity contribution < 1.29 is 18.0 Å². The van der Waals surface area contributed by atoms with Gasteiger partial charge < -0.3 is 10.6 Å². The molecule has 1 heterocycles. The number of carbonyl (C=O) groups is 1.